The summed E-state index contributed by atoms with van der Waals surface area (Å²) >= 11 is 0. The van der Waals surface area contributed by atoms with Gasteiger partial charge in [-0.2, -0.15) is 0 Å². The third-order valence-corrected chi connectivity index (χ3v) is 4.26. The molecule has 1 atom stereocenters. The van der Waals surface area contributed by atoms with Crippen LogP contribution in [0.25, 0.3) is 0 Å². The average molecular weight is 276 g/mol. The zero-order chi connectivity index (χ0) is 14.8. The molecule has 1 amide bonds. The Labute approximate surface area is 120 Å². The van der Waals surface area contributed by atoms with Crippen LogP contribution in [0.5, 0.6) is 0 Å². The highest BCUT2D eigenvalue weighted by Crippen LogP contribution is 2.45. The van der Waals surface area contributed by atoms with Crippen LogP contribution in [0.2, 0.25) is 0 Å². The predicted molar refractivity (Wildman–Crippen MR) is 79.4 cm³/mol. The molecule has 1 unspecified atom stereocenters. The summed E-state index contributed by atoms with van der Waals surface area (Å²) in [6.45, 7) is 2.61. The summed E-state index contributed by atoms with van der Waals surface area (Å²) in [5.74, 6) is -0.0135. The van der Waals surface area contributed by atoms with E-state index in [1.807, 2.05) is 26.2 Å². The van der Waals surface area contributed by atoms with Gasteiger partial charge in [-0.3, -0.25) is 4.79 Å². The summed E-state index contributed by atoms with van der Waals surface area (Å²) in [5, 5.41) is 12.3. The lowest BCUT2D eigenvalue weighted by Gasteiger charge is -2.27. The molecule has 0 heterocycles. The molecule has 1 aliphatic rings. The number of likely N-dealkylation sites (N-methyl/N-ethyl adjacent to an activating group) is 1. The largest absolute Gasteiger partial charge is 0.395 e. The van der Waals surface area contributed by atoms with Crippen molar-refractivity contribution < 1.29 is 9.90 Å². The van der Waals surface area contributed by atoms with E-state index in [2.05, 4.69) is 29.3 Å². The molecule has 0 saturated heterocycles. The summed E-state index contributed by atoms with van der Waals surface area (Å²) in [5.41, 5.74) is 1.96. The molecular formula is C16H24N2O2. The summed E-state index contributed by atoms with van der Waals surface area (Å²) in [7, 11) is 4.03. The monoisotopic (exact) mass is 276 g/mol. The van der Waals surface area contributed by atoms with Crippen LogP contribution in [0.4, 0.5) is 0 Å². The Morgan fingerprint density at radius 2 is 2.05 bits per heavy atom. The third-order valence-electron chi connectivity index (χ3n) is 4.26. The average Bonchev–Trinajstić information content (AvgIpc) is 3.21. The number of aliphatic hydroxyl groups excluding tert-OH is 1. The van der Waals surface area contributed by atoms with Crippen LogP contribution in [-0.2, 0) is 4.79 Å². The van der Waals surface area contributed by atoms with E-state index in [4.69, 9.17) is 0 Å². The van der Waals surface area contributed by atoms with Crippen molar-refractivity contribution in [3.8, 4) is 0 Å². The quantitative estimate of drug-likeness (QED) is 0.827. The second kappa shape index (κ2) is 5.94. The topological polar surface area (TPSA) is 52.6 Å². The number of nitrogens with one attached hydrogen (secondary N) is 1. The first kappa shape index (κ1) is 15.0. The highest BCUT2D eigenvalue weighted by atomic mass is 16.3. The number of aliphatic hydroxyl groups is 1. The van der Waals surface area contributed by atoms with Gasteiger partial charge in [-0.1, -0.05) is 24.3 Å². The fourth-order valence-corrected chi connectivity index (χ4v) is 2.52. The molecule has 2 rings (SSSR count). The van der Waals surface area contributed by atoms with Gasteiger partial charge >= 0.3 is 0 Å². The van der Waals surface area contributed by atoms with Gasteiger partial charge in [-0.25, -0.2) is 0 Å². The zero-order valence-corrected chi connectivity index (χ0v) is 12.5. The van der Waals surface area contributed by atoms with Crippen molar-refractivity contribution >= 4 is 5.91 Å². The number of hydrogen-bond acceptors (Lipinski definition) is 3. The van der Waals surface area contributed by atoms with Crippen LogP contribution >= 0.6 is 0 Å². The molecule has 0 aliphatic heterocycles. The van der Waals surface area contributed by atoms with Crippen LogP contribution in [0.1, 0.15) is 30.0 Å². The number of hydrogen-bond donors (Lipinski definition) is 2. The van der Waals surface area contributed by atoms with Crippen molar-refractivity contribution in [3.63, 3.8) is 0 Å². The van der Waals surface area contributed by atoms with Gasteiger partial charge in [0.15, 0.2) is 0 Å². The van der Waals surface area contributed by atoms with E-state index in [9.17, 15) is 9.90 Å². The van der Waals surface area contributed by atoms with E-state index in [0.29, 0.717) is 6.54 Å². The van der Waals surface area contributed by atoms with E-state index in [0.717, 1.165) is 12.8 Å². The SMILES string of the molecule is Cc1ccccc1C(CNC(=O)C1(CO)CC1)N(C)C. The van der Waals surface area contributed by atoms with Gasteiger partial charge in [0.05, 0.1) is 18.1 Å². The molecule has 4 heteroatoms. The molecule has 110 valence electrons. The normalized spacial score (nSPS) is 17.9. The fraction of sp³-hybridized carbons (Fsp3) is 0.562. The summed E-state index contributed by atoms with van der Waals surface area (Å²) in [6, 6.07) is 8.38. The molecule has 1 aliphatic carbocycles. The maximum absolute atomic E-state index is 12.1. The molecule has 1 fully saturated rings. The molecule has 0 bridgehead atoms. The van der Waals surface area contributed by atoms with Crippen molar-refractivity contribution in [1.29, 1.82) is 0 Å². The van der Waals surface area contributed by atoms with Gasteiger partial charge < -0.3 is 15.3 Å². The van der Waals surface area contributed by atoms with E-state index in [-0.39, 0.29) is 18.6 Å². The molecule has 1 aromatic carbocycles. The van der Waals surface area contributed by atoms with Gasteiger partial charge in [0.1, 0.15) is 0 Å². The van der Waals surface area contributed by atoms with Crippen molar-refractivity contribution in [3.05, 3.63) is 35.4 Å². The number of benzene rings is 1. The standard InChI is InChI=1S/C16H24N2O2/c1-12-6-4-5-7-13(12)14(18(2)3)10-17-15(20)16(11-19)8-9-16/h4-7,14,19H,8-11H2,1-3H3,(H,17,20). The summed E-state index contributed by atoms with van der Waals surface area (Å²) in [4.78, 5) is 14.2. The van der Waals surface area contributed by atoms with Crippen LogP contribution in [0.3, 0.4) is 0 Å². The van der Waals surface area contributed by atoms with Crippen LogP contribution < -0.4 is 5.32 Å². The molecule has 4 nitrogen and oxygen atoms in total. The Hall–Kier alpha value is -1.39. The first-order valence-electron chi connectivity index (χ1n) is 7.11. The Bertz CT molecular complexity index is 481. The lowest BCUT2D eigenvalue weighted by molar-refractivity contribution is -0.127. The van der Waals surface area contributed by atoms with E-state index >= 15 is 0 Å². The van der Waals surface area contributed by atoms with Crippen LogP contribution in [0, 0.1) is 12.3 Å². The molecule has 0 radical (unpaired) electrons. The number of aryl methyl sites for hydroxylation is 1. The highest BCUT2D eigenvalue weighted by molar-refractivity contribution is 5.85. The fourth-order valence-electron chi connectivity index (χ4n) is 2.52. The van der Waals surface area contributed by atoms with Crippen molar-refractivity contribution in [2.45, 2.75) is 25.8 Å². The number of rotatable bonds is 6. The molecule has 0 aromatic heterocycles. The summed E-state index contributed by atoms with van der Waals surface area (Å²) in [6.07, 6.45) is 1.60. The first-order chi connectivity index (χ1) is 9.50. The Kier molecular flexibility index (Phi) is 4.45. The smallest absolute Gasteiger partial charge is 0.228 e. The number of carbonyl (C=O) groups is 1. The minimum absolute atomic E-state index is 0.0135. The molecule has 1 saturated carbocycles. The van der Waals surface area contributed by atoms with E-state index in [1.165, 1.54) is 11.1 Å². The number of carbonyl (C=O) groups excluding carboxylic acids is 1. The lowest BCUT2D eigenvalue weighted by atomic mass is 10.00. The number of amides is 1. The van der Waals surface area contributed by atoms with Crippen molar-refractivity contribution in [2.75, 3.05) is 27.2 Å². The highest BCUT2D eigenvalue weighted by Gasteiger charge is 2.49. The Morgan fingerprint density at radius 3 is 2.55 bits per heavy atom. The van der Waals surface area contributed by atoms with Crippen LogP contribution in [0.15, 0.2) is 24.3 Å². The zero-order valence-electron chi connectivity index (χ0n) is 12.5. The minimum Gasteiger partial charge on any atom is -0.395 e. The van der Waals surface area contributed by atoms with E-state index in [1.54, 1.807) is 0 Å². The second-order valence-electron chi connectivity index (χ2n) is 5.98. The first-order valence-corrected chi connectivity index (χ1v) is 7.11. The number of nitrogens with zero attached hydrogens (tertiary/aromatic N) is 1. The molecule has 20 heavy (non-hydrogen) atoms. The predicted octanol–water partition coefficient (Wildman–Crippen LogP) is 1.49. The molecule has 2 N–H and O–H groups in total. The Balaban J connectivity index is 2.04. The van der Waals surface area contributed by atoms with Crippen molar-refractivity contribution in [1.82, 2.24) is 10.2 Å². The van der Waals surface area contributed by atoms with Gasteiger partial charge in [-0.05, 0) is 45.0 Å². The van der Waals surface area contributed by atoms with Crippen molar-refractivity contribution in [2.24, 2.45) is 5.41 Å². The van der Waals surface area contributed by atoms with E-state index < -0.39 is 5.41 Å². The van der Waals surface area contributed by atoms with Gasteiger partial charge in [0.25, 0.3) is 0 Å². The maximum atomic E-state index is 12.1. The van der Waals surface area contributed by atoms with Gasteiger partial charge in [0.2, 0.25) is 5.91 Å². The lowest BCUT2D eigenvalue weighted by Crippen LogP contribution is -2.39. The maximum Gasteiger partial charge on any atom is 0.228 e. The summed E-state index contributed by atoms with van der Waals surface area (Å²) < 4.78 is 0. The minimum atomic E-state index is -0.497. The molecular weight excluding hydrogens is 252 g/mol. The Morgan fingerprint density at radius 1 is 1.40 bits per heavy atom. The van der Waals surface area contributed by atoms with Gasteiger partial charge in [0, 0.05) is 6.54 Å². The molecule has 1 aromatic rings. The van der Waals surface area contributed by atoms with Crippen LogP contribution in [-0.4, -0.2) is 43.2 Å². The third kappa shape index (κ3) is 3.02. The van der Waals surface area contributed by atoms with Gasteiger partial charge in [-0.15, -0.1) is 0 Å². The molecule has 0 spiro atoms. The second-order valence-corrected chi connectivity index (χ2v) is 5.98.